The van der Waals surface area contributed by atoms with Crippen molar-refractivity contribution in [1.29, 1.82) is 0 Å². The first-order valence-corrected chi connectivity index (χ1v) is 4.62. The summed E-state index contributed by atoms with van der Waals surface area (Å²) in [5.41, 5.74) is 2.42. The van der Waals surface area contributed by atoms with Crippen molar-refractivity contribution in [2.45, 2.75) is 12.8 Å². The number of benzene rings is 1. The van der Waals surface area contributed by atoms with Crippen LogP contribution in [0.25, 0.3) is 10.9 Å². The minimum atomic E-state index is 0.762. The largest absolute Gasteiger partial charge is 0.411 e. The van der Waals surface area contributed by atoms with Crippen molar-refractivity contribution < 1.29 is 5.21 Å². The van der Waals surface area contributed by atoms with Gasteiger partial charge >= 0.3 is 0 Å². The van der Waals surface area contributed by atoms with Gasteiger partial charge in [-0.3, -0.25) is 0 Å². The summed E-state index contributed by atoms with van der Waals surface area (Å²) in [6, 6.07) is 8.19. The first-order valence-electron chi connectivity index (χ1n) is 4.62. The van der Waals surface area contributed by atoms with Gasteiger partial charge in [0, 0.05) is 23.3 Å². The molecule has 2 rings (SSSR count). The van der Waals surface area contributed by atoms with Crippen molar-refractivity contribution in [3.63, 3.8) is 0 Å². The molecule has 2 aromatic rings. The zero-order valence-electron chi connectivity index (χ0n) is 7.77. The number of hydrogen-bond acceptors (Lipinski definition) is 2. The van der Waals surface area contributed by atoms with Gasteiger partial charge in [0.25, 0.3) is 0 Å². The van der Waals surface area contributed by atoms with Crippen LogP contribution in [0, 0.1) is 0 Å². The van der Waals surface area contributed by atoms with Gasteiger partial charge in [-0.2, -0.15) is 0 Å². The van der Waals surface area contributed by atoms with Gasteiger partial charge in [-0.25, -0.2) is 0 Å². The van der Waals surface area contributed by atoms with Crippen LogP contribution < -0.4 is 0 Å². The van der Waals surface area contributed by atoms with Crippen molar-refractivity contribution >= 4 is 17.1 Å². The first kappa shape index (κ1) is 8.81. The van der Waals surface area contributed by atoms with Crippen LogP contribution in [-0.2, 0) is 6.42 Å². The summed E-state index contributed by atoms with van der Waals surface area (Å²) >= 11 is 0. The molecule has 1 aromatic carbocycles. The summed E-state index contributed by atoms with van der Waals surface area (Å²) in [7, 11) is 0. The second-order valence-corrected chi connectivity index (χ2v) is 3.20. The van der Waals surface area contributed by atoms with E-state index in [1.807, 2.05) is 18.3 Å². The highest BCUT2D eigenvalue weighted by Crippen LogP contribution is 2.18. The molecule has 0 spiro atoms. The lowest BCUT2D eigenvalue weighted by Crippen LogP contribution is -1.83. The lowest BCUT2D eigenvalue weighted by atomic mass is 10.1. The molecule has 3 heteroatoms. The SMILES string of the molecule is O/N=C/CCc1c[nH]c2ccccc12. The van der Waals surface area contributed by atoms with Gasteiger partial charge in [-0.05, 0) is 24.5 Å². The average Bonchev–Trinajstić information content (AvgIpc) is 2.63. The van der Waals surface area contributed by atoms with E-state index >= 15 is 0 Å². The van der Waals surface area contributed by atoms with E-state index in [0.29, 0.717) is 0 Å². The van der Waals surface area contributed by atoms with Crippen LogP contribution in [0.15, 0.2) is 35.6 Å². The topological polar surface area (TPSA) is 48.4 Å². The van der Waals surface area contributed by atoms with Gasteiger partial charge in [0.1, 0.15) is 0 Å². The number of fused-ring (bicyclic) bond motifs is 1. The second-order valence-electron chi connectivity index (χ2n) is 3.20. The number of hydrogen-bond donors (Lipinski definition) is 2. The molecule has 0 bridgehead atoms. The van der Waals surface area contributed by atoms with Crippen LogP contribution in [0.1, 0.15) is 12.0 Å². The summed E-state index contributed by atoms with van der Waals surface area (Å²) in [4.78, 5) is 3.21. The van der Waals surface area contributed by atoms with E-state index in [4.69, 9.17) is 5.21 Å². The fraction of sp³-hybridized carbons (Fsp3) is 0.182. The monoisotopic (exact) mass is 188 g/mol. The van der Waals surface area contributed by atoms with Gasteiger partial charge in [-0.1, -0.05) is 18.2 Å². The number of nitrogens with zero attached hydrogens (tertiary/aromatic N) is 1. The van der Waals surface area contributed by atoms with E-state index in [-0.39, 0.29) is 0 Å². The summed E-state index contributed by atoms with van der Waals surface area (Å²) in [5.74, 6) is 0. The Hall–Kier alpha value is -1.77. The minimum absolute atomic E-state index is 0.762. The average molecular weight is 188 g/mol. The van der Waals surface area contributed by atoms with Crippen LogP contribution in [-0.4, -0.2) is 16.4 Å². The smallest absolute Gasteiger partial charge is 0.0456 e. The molecule has 0 amide bonds. The third-order valence-electron chi connectivity index (χ3n) is 2.30. The summed E-state index contributed by atoms with van der Waals surface area (Å²) in [6.07, 6.45) is 5.18. The lowest BCUT2D eigenvalue weighted by Gasteiger charge is -1.94. The standard InChI is InChI=1S/C11H12N2O/c14-13-7-3-4-9-8-12-11-6-2-1-5-10(9)11/h1-2,5-8,12,14H,3-4H2/b13-7+. The molecule has 1 aromatic heterocycles. The maximum absolute atomic E-state index is 8.27. The Labute approximate surface area is 82.1 Å². The van der Waals surface area contributed by atoms with Crippen LogP contribution in [0.2, 0.25) is 0 Å². The minimum Gasteiger partial charge on any atom is -0.411 e. The molecular formula is C11H12N2O. The van der Waals surface area contributed by atoms with Gasteiger partial charge in [0.15, 0.2) is 0 Å². The maximum Gasteiger partial charge on any atom is 0.0456 e. The number of oxime groups is 1. The number of aryl methyl sites for hydroxylation is 1. The van der Waals surface area contributed by atoms with Crippen molar-refractivity contribution in [2.24, 2.45) is 5.16 Å². The van der Waals surface area contributed by atoms with Crippen molar-refractivity contribution in [2.75, 3.05) is 0 Å². The first-order chi connectivity index (χ1) is 6.92. The number of H-pyrrole nitrogens is 1. The van der Waals surface area contributed by atoms with E-state index in [1.165, 1.54) is 17.2 Å². The third kappa shape index (κ3) is 1.62. The molecule has 1 heterocycles. The van der Waals surface area contributed by atoms with E-state index in [2.05, 4.69) is 22.3 Å². The Bertz CT molecular complexity index is 445. The normalized spacial score (nSPS) is 11.4. The van der Waals surface area contributed by atoms with E-state index in [1.54, 1.807) is 0 Å². The van der Waals surface area contributed by atoms with Gasteiger partial charge < -0.3 is 10.2 Å². The molecule has 0 unspecified atom stereocenters. The molecular weight excluding hydrogens is 176 g/mol. The summed E-state index contributed by atoms with van der Waals surface area (Å²) in [5, 5.41) is 12.5. The van der Waals surface area contributed by atoms with Crippen LogP contribution >= 0.6 is 0 Å². The molecule has 0 aliphatic rings. The highest BCUT2D eigenvalue weighted by Gasteiger charge is 2.00. The number of nitrogens with one attached hydrogen (secondary N) is 1. The highest BCUT2D eigenvalue weighted by molar-refractivity contribution is 5.83. The zero-order valence-corrected chi connectivity index (χ0v) is 7.77. The lowest BCUT2D eigenvalue weighted by molar-refractivity contribution is 0.320. The second kappa shape index (κ2) is 3.96. The number of rotatable bonds is 3. The van der Waals surface area contributed by atoms with Gasteiger partial charge in [0.05, 0.1) is 0 Å². The predicted octanol–water partition coefficient (Wildman–Crippen LogP) is 2.56. The van der Waals surface area contributed by atoms with Crippen LogP contribution in [0.3, 0.4) is 0 Å². The summed E-state index contributed by atoms with van der Waals surface area (Å²) < 4.78 is 0. The third-order valence-corrected chi connectivity index (χ3v) is 2.30. The van der Waals surface area contributed by atoms with Crippen molar-refractivity contribution in [3.05, 3.63) is 36.0 Å². The van der Waals surface area contributed by atoms with Gasteiger partial charge in [0.2, 0.25) is 0 Å². The molecule has 2 N–H and O–H groups in total. The van der Waals surface area contributed by atoms with E-state index in [9.17, 15) is 0 Å². The summed E-state index contributed by atoms with van der Waals surface area (Å²) in [6.45, 7) is 0. The highest BCUT2D eigenvalue weighted by atomic mass is 16.4. The Morgan fingerprint density at radius 3 is 3.07 bits per heavy atom. The Kier molecular flexibility index (Phi) is 2.49. The van der Waals surface area contributed by atoms with Crippen LogP contribution in [0.4, 0.5) is 0 Å². The molecule has 0 aliphatic carbocycles. The van der Waals surface area contributed by atoms with Gasteiger partial charge in [-0.15, -0.1) is 5.16 Å². The number of aromatic nitrogens is 1. The molecule has 0 saturated heterocycles. The zero-order chi connectivity index (χ0) is 9.80. The molecule has 0 aliphatic heterocycles. The molecule has 14 heavy (non-hydrogen) atoms. The number of para-hydroxylation sites is 1. The van der Waals surface area contributed by atoms with E-state index in [0.717, 1.165) is 18.4 Å². The predicted molar refractivity (Wildman–Crippen MR) is 56.9 cm³/mol. The number of aromatic amines is 1. The Morgan fingerprint density at radius 2 is 2.21 bits per heavy atom. The fourth-order valence-corrected chi connectivity index (χ4v) is 1.62. The molecule has 0 fully saturated rings. The quantitative estimate of drug-likeness (QED) is 0.434. The Balaban J connectivity index is 2.25. The molecule has 0 atom stereocenters. The molecule has 72 valence electrons. The molecule has 0 saturated carbocycles. The fourth-order valence-electron chi connectivity index (χ4n) is 1.62. The van der Waals surface area contributed by atoms with Crippen molar-refractivity contribution in [3.8, 4) is 0 Å². The van der Waals surface area contributed by atoms with Crippen molar-refractivity contribution in [1.82, 2.24) is 4.98 Å². The molecule has 0 radical (unpaired) electrons. The molecule has 3 nitrogen and oxygen atoms in total. The maximum atomic E-state index is 8.27. The van der Waals surface area contributed by atoms with E-state index < -0.39 is 0 Å². The van der Waals surface area contributed by atoms with Crippen LogP contribution in [0.5, 0.6) is 0 Å². The Morgan fingerprint density at radius 1 is 1.36 bits per heavy atom.